The number of anilines is 1. The van der Waals surface area contributed by atoms with Crippen LogP contribution in [-0.4, -0.2) is 29.6 Å². The molecular weight excluding hydrogens is 456 g/mol. The van der Waals surface area contributed by atoms with Crippen LogP contribution in [0.1, 0.15) is 5.56 Å². The Kier molecular flexibility index (Phi) is 6.64. The maximum atomic E-state index is 12.5. The monoisotopic (exact) mass is 478 g/mol. The van der Waals surface area contributed by atoms with Gasteiger partial charge in [0.15, 0.2) is 5.16 Å². The zero-order chi connectivity index (χ0) is 23.4. The highest BCUT2D eigenvalue weighted by Gasteiger charge is 2.16. The number of para-hydroxylation sites is 1. The number of aryl methyl sites for hydroxylation is 1. The number of primary sulfonamides is 1. The van der Waals surface area contributed by atoms with Crippen molar-refractivity contribution < 1.29 is 13.2 Å². The van der Waals surface area contributed by atoms with Gasteiger partial charge in [-0.1, -0.05) is 59.8 Å². The lowest BCUT2D eigenvalue weighted by Gasteiger charge is -2.12. The standard InChI is InChI=1S/C24H22N4O3S2/c1-17-7-9-18(10-8-17)22-15-26-24(28(22)20-5-3-2-4-6-20)32-16-23(29)27-19-11-13-21(14-12-19)33(25,30)31/h2-15H,16H2,1H3,(H,27,29)(H2,25,30,31). The summed E-state index contributed by atoms with van der Waals surface area (Å²) in [6.45, 7) is 2.04. The number of imidazole rings is 1. The van der Waals surface area contributed by atoms with Crippen molar-refractivity contribution in [2.24, 2.45) is 5.14 Å². The van der Waals surface area contributed by atoms with Crippen molar-refractivity contribution in [3.05, 3.63) is 90.6 Å². The molecule has 9 heteroatoms. The highest BCUT2D eigenvalue weighted by molar-refractivity contribution is 7.99. The number of hydrogen-bond donors (Lipinski definition) is 2. The van der Waals surface area contributed by atoms with Crippen LogP contribution in [0.4, 0.5) is 5.69 Å². The third kappa shape index (κ3) is 5.51. The largest absolute Gasteiger partial charge is 0.325 e. The summed E-state index contributed by atoms with van der Waals surface area (Å²) < 4.78 is 24.8. The summed E-state index contributed by atoms with van der Waals surface area (Å²) in [5, 5.41) is 8.56. The summed E-state index contributed by atoms with van der Waals surface area (Å²) in [5.41, 5.74) is 4.57. The second-order valence-electron chi connectivity index (χ2n) is 7.37. The first-order chi connectivity index (χ1) is 15.8. The van der Waals surface area contributed by atoms with Gasteiger partial charge in [-0.25, -0.2) is 18.5 Å². The topological polar surface area (TPSA) is 107 Å². The number of aromatic nitrogens is 2. The van der Waals surface area contributed by atoms with Gasteiger partial charge in [0.05, 0.1) is 22.5 Å². The molecule has 1 heterocycles. The fourth-order valence-electron chi connectivity index (χ4n) is 3.25. The Morgan fingerprint density at radius 3 is 2.30 bits per heavy atom. The molecule has 0 bridgehead atoms. The fraction of sp³-hybridized carbons (Fsp3) is 0.0833. The number of nitrogens with zero attached hydrogens (tertiary/aromatic N) is 2. The predicted molar refractivity (Wildman–Crippen MR) is 131 cm³/mol. The van der Waals surface area contributed by atoms with Crippen LogP contribution in [0.3, 0.4) is 0 Å². The molecule has 7 nitrogen and oxygen atoms in total. The molecule has 0 atom stereocenters. The molecule has 0 spiro atoms. The molecule has 4 rings (SSSR count). The van der Waals surface area contributed by atoms with Crippen LogP contribution in [0.15, 0.2) is 95.1 Å². The van der Waals surface area contributed by atoms with Crippen molar-refractivity contribution in [2.75, 3.05) is 11.1 Å². The highest BCUT2D eigenvalue weighted by atomic mass is 32.2. The molecule has 0 radical (unpaired) electrons. The van der Waals surface area contributed by atoms with Gasteiger partial charge in [0.1, 0.15) is 0 Å². The molecule has 0 unspecified atom stereocenters. The zero-order valence-corrected chi connectivity index (χ0v) is 19.4. The first-order valence-electron chi connectivity index (χ1n) is 10.1. The molecule has 0 fully saturated rings. The van der Waals surface area contributed by atoms with E-state index < -0.39 is 10.0 Å². The Hall–Kier alpha value is -3.40. The predicted octanol–water partition coefficient (Wildman–Crippen LogP) is 4.23. The van der Waals surface area contributed by atoms with Crippen molar-refractivity contribution >= 4 is 33.4 Å². The van der Waals surface area contributed by atoms with Gasteiger partial charge >= 0.3 is 0 Å². The van der Waals surface area contributed by atoms with E-state index >= 15 is 0 Å². The average Bonchev–Trinajstić information content (AvgIpc) is 3.22. The lowest BCUT2D eigenvalue weighted by Crippen LogP contribution is -2.15. The fourth-order valence-corrected chi connectivity index (χ4v) is 4.55. The first kappa shape index (κ1) is 22.8. The normalized spacial score (nSPS) is 11.3. The van der Waals surface area contributed by atoms with Crippen LogP contribution in [0.2, 0.25) is 0 Å². The molecule has 3 N–H and O–H groups in total. The molecule has 0 aliphatic rings. The van der Waals surface area contributed by atoms with Gasteiger partial charge in [-0.15, -0.1) is 0 Å². The van der Waals surface area contributed by atoms with Crippen LogP contribution in [0.25, 0.3) is 16.9 Å². The van der Waals surface area contributed by atoms with Crippen LogP contribution < -0.4 is 10.5 Å². The molecular formula is C24H22N4O3S2. The Bertz CT molecular complexity index is 1370. The van der Waals surface area contributed by atoms with E-state index in [-0.39, 0.29) is 16.6 Å². The quantitative estimate of drug-likeness (QED) is 0.387. The van der Waals surface area contributed by atoms with Gasteiger partial charge in [-0.3, -0.25) is 9.36 Å². The van der Waals surface area contributed by atoms with Crippen LogP contribution >= 0.6 is 11.8 Å². The number of carbonyl (C=O) groups excluding carboxylic acids is 1. The van der Waals surface area contributed by atoms with E-state index in [4.69, 9.17) is 5.14 Å². The van der Waals surface area contributed by atoms with Gasteiger partial charge in [-0.2, -0.15) is 0 Å². The van der Waals surface area contributed by atoms with Gasteiger partial charge in [-0.05, 0) is 43.3 Å². The Labute approximate surface area is 196 Å². The molecule has 4 aromatic rings. The van der Waals surface area contributed by atoms with Gasteiger partial charge < -0.3 is 5.32 Å². The second-order valence-corrected chi connectivity index (χ2v) is 9.87. The Morgan fingerprint density at radius 1 is 1.00 bits per heavy atom. The van der Waals surface area contributed by atoms with E-state index in [0.29, 0.717) is 10.8 Å². The maximum absolute atomic E-state index is 12.5. The smallest absolute Gasteiger partial charge is 0.238 e. The third-order valence-electron chi connectivity index (χ3n) is 4.89. The summed E-state index contributed by atoms with van der Waals surface area (Å²) in [6.07, 6.45) is 1.81. The summed E-state index contributed by atoms with van der Waals surface area (Å²) in [6, 6.07) is 23.8. The van der Waals surface area contributed by atoms with E-state index in [1.54, 1.807) is 0 Å². The lowest BCUT2D eigenvalue weighted by atomic mass is 10.1. The minimum absolute atomic E-state index is 0.0107. The van der Waals surface area contributed by atoms with Gasteiger partial charge in [0.2, 0.25) is 15.9 Å². The highest BCUT2D eigenvalue weighted by Crippen LogP contribution is 2.30. The molecule has 1 amide bonds. The number of thioether (sulfide) groups is 1. The number of rotatable bonds is 7. The molecule has 0 aliphatic heterocycles. The Morgan fingerprint density at radius 2 is 1.67 bits per heavy atom. The minimum atomic E-state index is -3.78. The summed E-state index contributed by atoms with van der Waals surface area (Å²) in [4.78, 5) is 17.1. The number of benzene rings is 3. The molecule has 1 aromatic heterocycles. The number of nitrogens with one attached hydrogen (secondary N) is 1. The van der Waals surface area contributed by atoms with Crippen molar-refractivity contribution in [1.29, 1.82) is 0 Å². The summed E-state index contributed by atoms with van der Waals surface area (Å²) in [7, 11) is -3.78. The minimum Gasteiger partial charge on any atom is -0.325 e. The van der Waals surface area contributed by atoms with Gasteiger partial charge in [0, 0.05) is 16.9 Å². The molecule has 0 saturated carbocycles. The lowest BCUT2D eigenvalue weighted by molar-refractivity contribution is -0.113. The number of amides is 1. The number of hydrogen-bond acceptors (Lipinski definition) is 5. The number of carbonyl (C=O) groups is 1. The van der Waals surface area contributed by atoms with E-state index in [2.05, 4.69) is 34.6 Å². The molecule has 0 aliphatic carbocycles. The van der Waals surface area contributed by atoms with Crippen molar-refractivity contribution in [1.82, 2.24) is 9.55 Å². The van der Waals surface area contributed by atoms with Crippen LogP contribution in [0.5, 0.6) is 0 Å². The molecule has 33 heavy (non-hydrogen) atoms. The molecule has 168 valence electrons. The van der Waals surface area contributed by atoms with E-state index in [9.17, 15) is 13.2 Å². The van der Waals surface area contributed by atoms with Crippen molar-refractivity contribution in [3.8, 4) is 16.9 Å². The van der Waals surface area contributed by atoms with E-state index in [0.717, 1.165) is 16.9 Å². The van der Waals surface area contributed by atoms with E-state index in [1.165, 1.54) is 41.6 Å². The molecule has 3 aromatic carbocycles. The van der Waals surface area contributed by atoms with E-state index in [1.807, 2.05) is 48.0 Å². The third-order valence-corrected chi connectivity index (χ3v) is 6.77. The summed E-state index contributed by atoms with van der Waals surface area (Å²) in [5.74, 6) is -0.100. The van der Waals surface area contributed by atoms with Crippen molar-refractivity contribution in [2.45, 2.75) is 17.0 Å². The van der Waals surface area contributed by atoms with Crippen LogP contribution in [0, 0.1) is 6.92 Å². The maximum Gasteiger partial charge on any atom is 0.238 e. The number of nitrogens with two attached hydrogens (primary N) is 1. The Balaban J connectivity index is 1.53. The number of sulfonamides is 1. The first-order valence-corrected chi connectivity index (χ1v) is 12.6. The zero-order valence-electron chi connectivity index (χ0n) is 17.8. The average molecular weight is 479 g/mol. The summed E-state index contributed by atoms with van der Waals surface area (Å²) >= 11 is 1.32. The van der Waals surface area contributed by atoms with Gasteiger partial charge in [0.25, 0.3) is 0 Å². The second kappa shape index (κ2) is 9.62. The van der Waals surface area contributed by atoms with Crippen molar-refractivity contribution in [3.63, 3.8) is 0 Å². The molecule has 0 saturated heterocycles. The SMILES string of the molecule is Cc1ccc(-c2cnc(SCC(=O)Nc3ccc(S(N)(=O)=O)cc3)n2-c2ccccc2)cc1. The van der Waals surface area contributed by atoms with Crippen LogP contribution in [-0.2, 0) is 14.8 Å².